The number of nitrogens with one attached hydrogen (secondary N) is 1. The van der Waals surface area contributed by atoms with E-state index in [1.54, 1.807) is 29.9 Å². The number of amides is 1. The van der Waals surface area contributed by atoms with Crippen molar-refractivity contribution in [1.29, 1.82) is 0 Å². The number of hydrogen-bond donors (Lipinski definition) is 1. The lowest BCUT2D eigenvalue weighted by molar-refractivity contribution is -0.118. The van der Waals surface area contributed by atoms with Crippen molar-refractivity contribution in [1.82, 2.24) is 25.2 Å². The monoisotopic (exact) mass is 512 g/mol. The van der Waals surface area contributed by atoms with Crippen LogP contribution in [0.15, 0.2) is 75.7 Å². The van der Waals surface area contributed by atoms with Crippen molar-refractivity contribution in [2.45, 2.75) is 12.1 Å². The standard InChI is InChI=1S/C21H17BrN6OS2/c1-14-2-7-18(31-14)12-24-25-19(29)13-30-21-27-26-20(15-8-10-23-11-9-15)28(21)17-5-3-16(22)4-6-17/h2-12H,13H2,1H3,(H,25,29). The predicted molar refractivity (Wildman–Crippen MR) is 128 cm³/mol. The van der Waals surface area contributed by atoms with E-state index >= 15 is 0 Å². The quantitative estimate of drug-likeness (QED) is 0.220. The van der Waals surface area contributed by atoms with Gasteiger partial charge in [-0.3, -0.25) is 14.3 Å². The molecule has 156 valence electrons. The van der Waals surface area contributed by atoms with Gasteiger partial charge < -0.3 is 0 Å². The number of hydrazone groups is 1. The van der Waals surface area contributed by atoms with Crippen LogP contribution >= 0.6 is 39.0 Å². The Morgan fingerprint density at radius 2 is 1.94 bits per heavy atom. The molecule has 0 saturated carbocycles. The highest BCUT2D eigenvalue weighted by Gasteiger charge is 2.17. The molecule has 0 unspecified atom stereocenters. The Hall–Kier alpha value is -2.82. The van der Waals surface area contributed by atoms with Crippen LogP contribution in [-0.2, 0) is 4.79 Å². The molecule has 3 heterocycles. The summed E-state index contributed by atoms with van der Waals surface area (Å²) in [7, 11) is 0. The molecule has 0 bridgehead atoms. The Kier molecular flexibility index (Phi) is 6.90. The highest BCUT2D eigenvalue weighted by Crippen LogP contribution is 2.28. The van der Waals surface area contributed by atoms with Crippen LogP contribution in [0.5, 0.6) is 0 Å². The van der Waals surface area contributed by atoms with Crippen molar-refractivity contribution in [2.75, 3.05) is 5.75 Å². The van der Waals surface area contributed by atoms with Crippen LogP contribution in [0.1, 0.15) is 9.75 Å². The molecule has 0 atom stereocenters. The molecule has 4 rings (SSSR count). The highest BCUT2D eigenvalue weighted by molar-refractivity contribution is 9.10. The molecule has 4 aromatic rings. The van der Waals surface area contributed by atoms with Gasteiger partial charge >= 0.3 is 0 Å². The summed E-state index contributed by atoms with van der Waals surface area (Å²) in [4.78, 5) is 18.5. The number of carbonyl (C=O) groups excluding carboxylic acids is 1. The fourth-order valence-electron chi connectivity index (χ4n) is 2.73. The van der Waals surface area contributed by atoms with Crippen LogP contribution in [0.3, 0.4) is 0 Å². The van der Waals surface area contributed by atoms with E-state index in [9.17, 15) is 4.79 Å². The molecule has 10 heteroatoms. The molecular weight excluding hydrogens is 496 g/mol. The second kappa shape index (κ2) is 9.99. The smallest absolute Gasteiger partial charge is 0.250 e. The number of thiophene rings is 1. The summed E-state index contributed by atoms with van der Waals surface area (Å²) in [6.07, 6.45) is 5.07. The largest absolute Gasteiger partial charge is 0.272 e. The summed E-state index contributed by atoms with van der Waals surface area (Å²) in [6.45, 7) is 2.03. The Bertz CT molecular complexity index is 1200. The maximum atomic E-state index is 12.3. The molecule has 7 nitrogen and oxygen atoms in total. The second-order valence-electron chi connectivity index (χ2n) is 6.38. The molecule has 0 fully saturated rings. The van der Waals surface area contributed by atoms with Crippen LogP contribution < -0.4 is 5.43 Å². The average molecular weight is 513 g/mol. The normalized spacial score (nSPS) is 11.2. The van der Waals surface area contributed by atoms with E-state index in [1.165, 1.54) is 16.6 Å². The van der Waals surface area contributed by atoms with Crippen molar-refractivity contribution in [3.05, 3.63) is 75.2 Å². The maximum absolute atomic E-state index is 12.3. The fraction of sp³-hybridized carbons (Fsp3) is 0.0952. The first-order valence-corrected chi connectivity index (χ1v) is 11.8. The minimum atomic E-state index is -0.217. The minimum absolute atomic E-state index is 0.159. The predicted octanol–water partition coefficient (Wildman–Crippen LogP) is 4.70. The zero-order valence-corrected chi connectivity index (χ0v) is 19.6. The number of halogens is 1. The molecule has 0 radical (unpaired) electrons. The first-order chi connectivity index (χ1) is 15.1. The van der Waals surface area contributed by atoms with Gasteiger partial charge in [-0.05, 0) is 55.5 Å². The third-order valence-corrected chi connectivity index (χ3v) is 6.52. The fourth-order valence-corrected chi connectivity index (χ4v) is 4.49. The minimum Gasteiger partial charge on any atom is -0.272 e. The molecule has 1 amide bonds. The van der Waals surface area contributed by atoms with E-state index in [0.717, 1.165) is 20.6 Å². The van der Waals surface area contributed by atoms with Crippen molar-refractivity contribution in [3.63, 3.8) is 0 Å². The summed E-state index contributed by atoms with van der Waals surface area (Å²) in [5, 5.41) is 13.3. The van der Waals surface area contributed by atoms with Gasteiger partial charge in [0.2, 0.25) is 0 Å². The number of nitrogens with zero attached hydrogens (tertiary/aromatic N) is 5. The number of benzene rings is 1. The first kappa shape index (κ1) is 21.4. The summed E-state index contributed by atoms with van der Waals surface area (Å²) in [6, 6.07) is 15.6. The molecule has 1 N–H and O–H groups in total. The molecule has 0 aliphatic rings. The van der Waals surface area contributed by atoms with Gasteiger partial charge in [0.1, 0.15) is 0 Å². The van der Waals surface area contributed by atoms with Crippen molar-refractivity contribution in [3.8, 4) is 17.1 Å². The van der Waals surface area contributed by atoms with Crippen LogP contribution in [0.2, 0.25) is 0 Å². The molecule has 0 aliphatic carbocycles. The Balaban J connectivity index is 1.51. The summed E-state index contributed by atoms with van der Waals surface area (Å²) < 4.78 is 2.90. The van der Waals surface area contributed by atoms with E-state index < -0.39 is 0 Å². The number of pyridine rings is 1. The first-order valence-electron chi connectivity index (χ1n) is 9.23. The van der Waals surface area contributed by atoms with Crippen LogP contribution in [0, 0.1) is 6.92 Å². The van der Waals surface area contributed by atoms with E-state index in [0.29, 0.717) is 11.0 Å². The van der Waals surface area contributed by atoms with Gasteiger partial charge in [-0.15, -0.1) is 21.5 Å². The lowest BCUT2D eigenvalue weighted by atomic mass is 10.2. The molecule has 0 saturated heterocycles. The van der Waals surface area contributed by atoms with Crippen molar-refractivity contribution in [2.24, 2.45) is 5.10 Å². The molecule has 0 aliphatic heterocycles. The number of aryl methyl sites for hydroxylation is 1. The van der Waals surface area contributed by atoms with Crippen molar-refractivity contribution >= 4 is 51.2 Å². The zero-order chi connectivity index (χ0) is 21.6. The third-order valence-electron chi connectivity index (χ3n) is 4.13. The van der Waals surface area contributed by atoms with E-state index in [1.807, 2.05) is 60.0 Å². The summed E-state index contributed by atoms with van der Waals surface area (Å²) in [5.74, 6) is 0.621. The van der Waals surface area contributed by atoms with Crippen LogP contribution in [0.25, 0.3) is 17.1 Å². The van der Waals surface area contributed by atoms with Gasteiger partial charge in [-0.2, -0.15) is 5.10 Å². The van der Waals surface area contributed by atoms with Gasteiger partial charge in [0.15, 0.2) is 11.0 Å². The van der Waals surface area contributed by atoms with Crippen molar-refractivity contribution < 1.29 is 4.79 Å². The van der Waals surface area contributed by atoms with Gasteiger partial charge in [-0.25, -0.2) is 5.43 Å². The summed E-state index contributed by atoms with van der Waals surface area (Å²) in [5.41, 5.74) is 4.34. The molecule has 31 heavy (non-hydrogen) atoms. The number of aromatic nitrogens is 4. The topological polar surface area (TPSA) is 85.1 Å². The Morgan fingerprint density at radius 3 is 2.65 bits per heavy atom. The van der Waals surface area contributed by atoms with Gasteiger partial charge in [0, 0.05) is 37.9 Å². The zero-order valence-electron chi connectivity index (χ0n) is 16.4. The Labute approximate surface area is 195 Å². The average Bonchev–Trinajstić information content (AvgIpc) is 3.39. The van der Waals surface area contributed by atoms with Gasteiger partial charge in [0.05, 0.1) is 12.0 Å². The highest BCUT2D eigenvalue weighted by atomic mass is 79.9. The number of rotatable bonds is 7. The molecule has 1 aromatic carbocycles. The van der Waals surface area contributed by atoms with E-state index in [2.05, 4.69) is 41.6 Å². The molecular formula is C21H17BrN6OS2. The number of hydrogen-bond acceptors (Lipinski definition) is 7. The van der Waals surface area contributed by atoms with Gasteiger partial charge in [0.25, 0.3) is 5.91 Å². The second-order valence-corrected chi connectivity index (χ2v) is 9.56. The van der Waals surface area contributed by atoms with Crippen LogP contribution in [0.4, 0.5) is 0 Å². The third kappa shape index (κ3) is 5.46. The lowest BCUT2D eigenvalue weighted by Crippen LogP contribution is -2.19. The maximum Gasteiger partial charge on any atom is 0.250 e. The van der Waals surface area contributed by atoms with E-state index in [-0.39, 0.29) is 11.7 Å². The Morgan fingerprint density at radius 1 is 1.16 bits per heavy atom. The SMILES string of the molecule is Cc1ccc(C=NNC(=O)CSc2nnc(-c3ccncc3)n2-c2ccc(Br)cc2)s1. The molecule has 3 aromatic heterocycles. The lowest BCUT2D eigenvalue weighted by Gasteiger charge is -2.10. The van der Waals surface area contributed by atoms with E-state index in [4.69, 9.17) is 0 Å². The van der Waals surface area contributed by atoms with Crippen LogP contribution in [-0.4, -0.2) is 37.6 Å². The number of carbonyl (C=O) groups is 1. The summed E-state index contributed by atoms with van der Waals surface area (Å²) >= 11 is 6.38. The molecule has 0 spiro atoms. The number of thioether (sulfide) groups is 1. The van der Waals surface area contributed by atoms with Gasteiger partial charge in [-0.1, -0.05) is 27.7 Å².